The average molecular weight is 507 g/mol. The van der Waals surface area contributed by atoms with Crippen LogP contribution >= 0.6 is 0 Å². The Bertz CT molecular complexity index is 1020. The Morgan fingerprint density at radius 2 is 1.78 bits per heavy atom. The lowest BCUT2D eigenvalue weighted by atomic mass is 9.69. The van der Waals surface area contributed by atoms with Crippen LogP contribution in [0.1, 0.15) is 68.4 Å². The van der Waals surface area contributed by atoms with E-state index in [1.165, 1.54) is 18.7 Å². The summed E-state index contributed by atoms with van der Waals surface area (Å²) >= 11 is 0. The number of methoxy groups -OCH3 is 1. The molecule has 1 aliphatic carbocycles. The molecule has 1 saturated carbocycles. The molecule has 2 aromatic rings. The van der Waals surface area contributed by atoms with Crippen molar-refractivity contribution in [2.45, 2.75) is 63.7 Å². The van der Waals surface area contributed by atoms with Crippen LogP contribution in [0.15, 0.2) is 54.6 Å². The number of carbonyl (C=O) groups excluding carboxylic acids is 2. The number of rotatable bonds is 9. The number of halogens is 1. The van der Waals surface area contributed by atoms with E-state index < -0.39 is 0 Å². The third-order valence-corrected chi connectivity index (χ3v) is 8.17. The number of piperidine rings is 1. The first-order valence-corrected chi connectivity index (χ1v) is 13.4. The number of esters is 1. The highest BCUT2D eigenvalue weighted by Gasteiger charge is 2.40. The number of nitriles is 1. The highest BCUT2D eigenvalue weighted by atomic mass is 19.1. The van der Waals surface area contributed by atoms with Gasteiger partial charge in [-0.3, -0.25) is 9.59 Å². The molecule has 0 N–H and O–H groups in total. The molecule has 1 unspecified atom stereocenters. The third-order valence-electron chi connectivity index (χ3n) is 8.17. The maximum Gasteiger partial charge on any atom is 0.305 e. The first-order valence-electron chi connectivity index (χ1n) is 13.4. The number of benzene rings is 2. The molecule has 198 valence electrons. The average Bonchev–Trinajstić information content (AvgIpc) is 3.38. The van der Waals surface area contributed by atoms with Gasteiger partial charge in [-0.15, -0.1) is 0 Å². The standard InChI is InChI=1S/C30H38FNO3.CHN/c1-35-29(34)21-24-11-7-14-27(24)30(25-12-6-13-26(31)20-25)23-16-18-32(19-17-23)28(33)15-5-10-22-8-3-2-4-9-22;1-2/h2-4,6,8-9,12-13,20,23-24,27,30H,5,7,10-11,14-19,21H2,1H3;1H/t24-,27+,30?;/m1./s1. The summed E-state index contributed by atoms with van der Waals surface area (Å²) in [5.74, 6) is 1.08. The Labute approximate surface area is 220 Å². The molecule has 0 spiro atoms. The molecule has 0 aromatic heterocycles. The Balaban J connectivity index is 0.00000186. The van der Waals surface area contributed by atoms with Gasteiger partial charge in [0.2, 0.25) is 5.91 Å². The fourth-order valence-electron chi connectivity index (χ4n) is 6.43. The molecule has 2 fully saturated rings. The predicted molar refractivity (Wildman–Crippen MR) is 142 cm³/mol. The van der Waals surface area contributed by atoms with Crippen LogP contribution in [0.2, 0.25) is 0 Å². The molecule has 6 heteroatoms. The second-order valence-corrected chi connectivity index (χ2v) is 10.3. The van der Waals surface area contributed by atoms with Crippen molar-refractivity contribution < 1.29 is 18.7 Å². The molecular formula is C31H39FN2O3. The molecule has 1 amide bonds. The maximum atomic E-state index is 14.2. The van der Waals surface area contributed by atoms with Gasteiger partial charge in [0.25, 0.3) is 0 Å². The summed E-state index contributed by atoms with van der Waals surface area (Å²) in [6.45, 7) is 5.02. The molecule has 0 radical (unpaired) electrons. The van der Waals surface area contributed by atoms with Crippen LogP contribution in [0.5, 0.6) is 0 Å². The fraction of sp³-hybridized carbons (Fsp3) is 0.516. The number of likely N-dealkylation sites (tertiary alicyclic amines) is 1. The molecule has 3 atom stereocenters. The predicted octanol–water partition coefficient (Wildman–Crippen LogP) is 6.29. The number of amides is 1. The monoisotopic (exact) mass is 506 g/mol. The van der Waals surface area contributed by atoms with Gasteiger partial charge in [-0.25, -0.2) is 9.65 Å². The van der Waals surface area contributed by atoms with Crippen molar-refractivity contribution in [2.75, 3.05) is 20.2 Å². The minimum Gasteiger partial charge on any atom is -0.469 e. The van der Waals surface area contributed by atoms with E-state index in [2.05, 4.69) is 18.7 Å². The van der Waals surface area contributed by atoms with E-state index in [0.717, 1.165) is 63.6 Å². The molecular weight excluding hydrogens is 467 g/mol. The summed E-state index contributed by atoms with van der Waals surface area (Å²) in [6, 6.07) is 17.3. The summed E-state index contributed by atoms with van der Waals surface area (Å²) < 4.78 is 19.2. The molecule has 5 nitrogen and oxygen atoms in total. The number of hydrogen-bond donors (Lipinski definition) is 0. The summed E-state index contributed by atoms with van der Waals surface area (Å²) in [4.78, 5) is 27.0. The van der Waals surface area contributed by atoms with Gasteiger partial charge in [-0.1, -0.05) is 48.9 Å². The van der Waals surface area contributed by atoms with Crippen molar-refractivity contribution in [1.82, 2.24) is 4.90 Å². The topological polar surface area (TPSA) is 70.4 Å². The van der Waals surface area contributed by atoms with Crippen molar-refractivity contribution in [1.29, 1.82) is 5.26 Å². The van der Waals surface area contributed by atoms with Crippen LogP contribution in [-0.4, -0.2) is 37.0 Å². The highest BCUT2D eigenvalue weighted by molar-refractivity contribution is 5.76. The third kappa shape index (κ3) is 7.89. The van der Waals surface area contributed by atoms with Gasteiger partial charge in [0.15, 0.2) is 0 Å². The zero-order valence-corrected chi connectivity index (χ0v) is 21.9. The molecule has 2 aliphatic rings. The van der Waals surface area contributed by atoms with Crippen molar-refractivity contribution in [2.24, 2.45) is 17.8 Å². The lowest BCUT2D eigenvalue weighted by Gasteiger charge is -2.40. The van der Waals surface area contributed by atoms with E-state index >= 15 is 0 Å². The second-order valence-electron chi connectivity index (χ2n) is 10.3. The van der Waals surface area contributed by atoms with Gasteiger partial charge >= 0.3 is 5.97 Å². The van der Waals surface area contributed by atoms with Gasteiger partial charge in [0, 0.05) is 32.5 Å². The smallest absolute Gasteiger partial charge is 0.305 e. The zero-order chi connectivity index (χ0) is 26.6. The van der Waals surface area contributed by atoms with Crippen LogP contribution < -0.4 is 0 Å². The van der Waals surface area contributed by atoms with Gasteiger partial charge < -0.3 is 9.64 Å². The molecule has 0 bridgehead atoms. The Kier molecular flexibility index (Phi) is 11.1. The van der Waals surface area contributed by atoms with E-state index in [-0.39, 0.29) is 29.5 Å². The van der Waals surface area contributed by atoms with Crippen LogP contribution in [0.3, 0.4) is 0 Å². The lowest BCUT2D eigenvalue weighted by Crippen LogP contribution is -2.41. The van der Waals surface area contributed by atoms with E-state index in [4.69, 9.17) is 10.00 Å². The van der Waals surface area contributed by atoms with Crippen LogP contribution in [0, 0.1) is 35.4 Å². The van der Waals surface area contributed by atoms with Crippen molar-refractivity contribution >= 4 is 11.9 Å². The normalized spacial score (nSPS) is 20.5. The molecule has 1 saturated heterocycles. The van der Waals surface area contributed by atoms with Gasteiger partial charge in [-0.2, -0.15) is 0 Å². The van der Waals surface area contributed by atoms with Gasteiger partial charge in [0.1, 0.15) is 5.82 Å². The van der Waals surface area contributed by atoms with Crippen molar-refractivity contribution in [3.63, 3.8) is 0 Å². The maximum absolute atomic E-state index is 14.2. The fourth-order valence-corrected chi connectivity index (χ4v) is 6.43. The summed E-state index contributed by atoms with van der Waals surface area (Å²) in [7, 11) is 1.45. The van der Waals surface area contributed by atoms with Gasteiger partial charge in [0.05, 0.1) is 7.11 Å². The number of aryl methyl sites for hydroxylation is 1. The summed E-state index contributed by atoms with van der Waals surface area (Å²) in [6.07, 6.45) is 7.82. The van der Waals surface area contributed by atoms with E-state index in [1.54, 1.807) is 12.1 Å². The minimum atomic E-state index is -0.207. The first kappa shape index (κ1) is 28.4. The van der Waals surface area contributed by atoms with Gasteiger partial charge in [-0.05, 0) is 85.5 Å². The largest absolute Gasteiger partial charge is 0.469 e. The first-order chi connectivity index (χ1) is 18.0. The lowest BCUT2D eigenvalue weighted by molar-refractivity contribution is -0.142. The summed E-state index contributed by atoms with van der Waals surface area (Å²) in [5, 5.41) is 6.50. The zero-order valence-electron chi connectivity index (χ0n) is 21.9. The molecule has 1 heterocycles. The van der Waals surface area contributed by atoms with Crippen molar-refractivity contribution in [3.05, 3.63) is 71.5 Å². The quantitative estimate of drug-likeness (QED) is 0.375. The van der Waals surface area contributed by atoms with E-state index in [9.17, 15) is 14.0 Å². The molecule has 1 aliphatic heterocycles. The van der Waals surface area contributed by atoms with Crippen LogP contribution in [-0.2, 0) is 20.7 Å². The molecule has 37 heavy (non-hydrogen) atoms. The Hall–Kier alpha value is -3.20. The number of ether oxygens (including phenoxy) is 1. The summed E-state index contributed by atoms with van der Waals surface area (Å²) in [5.41, 5.74) is 2.31. The molecule has 2 aromatic carbocycles. The number of nitrogens with zero attached hydrogens (tertiary/aromatic N) is 2. The van der Waals surface area contributed by atoms with E-state index in [0.29, 0.717) is 24.7 Å². The SMILES string of the molecule is C#N.COC(=O)C[C@H]1CCC[C@@H]1C(c1cccc(F)c1)C1CCN(C(=O)CCCc2ccccc2)CC1. The van der Waals surface area contributed by atoms with Crippen molar-refractivity contribution in [3.8, 4) is 6.57 Å². The number of carbonyl (C=O) groups is 2. The van der Waals surface area contributed by atoms with Crippen LogP contribution in [0.25, 0.3) is 0 Å². The van der Waals surface area contributed by atoms with E-state index in [1.807, 2.05) is 29.2 Å². The molecule has 4 rings (SSSR count). The number of hydrogen-bond acceptors (Lipinski definition) is 4. The Morgan fingerprint density at radius 1 is 1.05 bits per heavy atom. The second kappa shape index (κ2) is 14.5. The Morgan fingerprint density at radius 3 is 2.46 bits per heavy atom. The minimum absolute atomic E-state index is 0.157. The van der Waals surface area contributed by atoms with Crippen LogP contribution in [0.4, 0.5) is 4.39 Å². The highest BCUT2D eigenvalue weighted by Crippen LogP contribution is 2.49.